The number of halogens is 1. The molecule has 1 unspecified atom stereocenters. The summed E-state index contributed by atoms with van der Waals surface area (Å²) in [6, 6.07) is 7.06. The highest BCUT2D eigenvalue weighted by atomic mass is 79.9. The average Bonchev–Trinajstić information content (AvgIpc) is 2.30. The zero-order chi connectivity index (χ0) is 12.8. The number of hydrogen-bond acceptors (Lipinski definition) is 2. The summed E-state index contributed by atoms with van der Waals surface area (Å²) < 4.78 is 0. The highest BCUT2D eigenvalue weighted by molar-refractivity contribution is 9.10. The van der Waals surface area contributed by atoms with Crippen LogP contribution in [0.3, 0.4) is 0 Å². The van der Waals surface area contributed by atoms with Crippen molar-refractivity contribution in [3.05, 3.63) is 29.8 Å². The molecule has 92 valence electrons. The van der Waals surface area contributed by atoms with Gasteiger partial charge in [-0.2, -0.15) is 0 Å². The van der Waals surface area contributed by atoms with Crippen LogP contribution in [-0.4, -0.2) is 16.6 Å². The smallest absolute Gasteiger partial charge is 0.238 e. The van der Waals surface area contributed by atoms with Crippen LogP contribution in [0.4, 0.5) is 5.69 Å². The van der Waals surface area contributed by atoms with Gasteiger partial charge in [-0.1, -0.05) is 35.0 Å². The van der Waals surface area contributed by atoms with E-state index < -0.39 is 0 Å². The first kappa shape index (κ1) is 13.7. The summed E-state index contributed by atoms with van der Waals surface area (Å²) in [5, 5.41) is 2.77. The molecule has 0 bridgehead atoms. The molecule has 0 spiro atoms. The number of rotatable bonds is 5. The molecule has 2 amide bonds. The molecule has 0 aliphatic carbocycles. The van der Waals surface area contributed by atoms with Crippen molar-refractivity contribution in [1.82, 2.24) is 0 Å². The molecule has 0 aromatic heterocycles. The predicted molar refractivity (Wildman–Crippen MR) is 71.0 cm³/mol. The summed E-state index contributed by atoms with van der Waals surface area (Å²) in [7, 11) is 0. The number of anilines is 1. The molecular weight excluding hydrogens is 284 g/mol. The van der Waals surface area contributed by atoms with E-state index in [1.807, 2.05) is 6.92 Å². The number of amides is 2. The lowest BCUT2D eigenvalue weighted by Gasteiger charge is -2.09. The van der Waals surface area contributed by atoms with Gasteiger partial charge in [0, 0.05) is 5.69 Å². The summed E-state index contributed by atoms with van der Waals surface area (Å²) >= 11 is 3.27. The largest absolute Gasteiger partial charge is 0.369 e. The number of nitrogens with two attached hydrogens (primary N) is 1. The van der Waals surface area contributed by atoms with E-state index in [-0.39, 0.29) is 23.1 Å². The van der Waals surface area contributed by atoms with Crippen molar-refractivity contribution < 1.29 is 9.59 Å². The normalized spacial score (nSPS) is 11.9. The maximum absolute atomic E-state index is 11.6. The third kappa shape index (κ3) is 4.56. The van der Waals surface area contributed by atoms with Gasteiger partial charge in [0.1, 0.15) is 0 Å². The number of alkyl halides is 1. The summed E-state index contributed by atoms with van der Waals surface area (Å²) in [5.41, 5.74) is 6.63. The topological polar surface area (TPSA) is 72.2 Å². The fourth-order valence-corrected chi connectivity index (χ4v) is 1.43. The Morgan fingerprint density at radius 1 is 1.35 bits per heavy atom. The van der Waals surface area contributed by atoms with Gasteiger partial charge in [-0.3, -0.25) is 9.59 Å². The van der Waals surface area contributed by atoms with Crippen molar-refractivity contribution in [3.8, 4) is 0 Å². The Kier molecular flexibility index (Phi) is 5.15. The quantitative estimate of drug-likeness (QED) is 0.814. The second-order valence-electron chi connectivity index (χ2n) is 3.71. The summed E-state index contributed by atoms with van der Waals surface area (Å²) in [6.45, 7) is 1.93. The molecule has 0 aliphatic heterocycles. The second kappa shape index (κ2) is 6.39. The predicted octanol–water partition coefficient (Wildman–Crippen LogP) is 1.83. The van der Waals surface area contributed by atoms with Crippen LogP contribution in [-0.2, 0) is 16.0 Å². The van der Waals surface area contributed by atoms with E-state index in [9.17, 15) is 9.59 Å². The Morgan fingerprint density at radius 2 is 1.94 bits per heavy atom. The number of benzene rings is 1. The van der Waals surface area contributed by atoms with Gasteiger partial charge in [-0.05, 0) is 24.1 Å². The number of primary amides is 1. The lowest BCUT2D eigenvalue weighted by Crippen LogP contribution is -2.22. The molecular formula is C12H15BrN2O2. The van der Waals surface area contributed by atoms with Crippen LogP contribution in [0, 0.1) is 0 Å². The van der Waals surface area contributed by atoms with Crippen LogP contribution in [0.15, 0.2) is 24.3 Å². The maximum atomic E-state index is 11.6. The van der Waals surface area contributed by atoms with Gasteiger partial charge in [-0.25, -0.2) is 0 Å². The Morgan fingerprint density at radius 3 is 2.41 bits per heavy atom. The van der Waals surface area contributed by atoms with Crippen LogP contribution in [0.5, 0.6) is 0 Å². The number of carbonyl (C=O) groups excluding carboxylic acids is 2. The third-order valence-corrected chi connectivity index (χ3v) is 3.31. The fraction of sp³-hybridized carbons (Fsp3) is 0.333. The first-order valence-electron chi connectivity index (χ1n) is 5.35. The minimum absolute atomic E-state index is 0.0739. The van der Waals surface area contributed by atoms with Crippen LogP contribution >= 0.6 is 15.9 Å². The SMILES string of the molecule is CCC(Br)C(=O)Nc1ccc(CC(N)=O)cc1. The molecule has 0 radical (unpaired) electrons. The van der Waals surface area contributed by atoms with Crippen LogP contribution in [0.1, 0.15) is 18.9 Å². The molecule has 17 heavy (non-hydrogen) atoms. The van der Waals surface area contributed by atoms with Crippen molar-refractivity contribution in [2.24, 2.45) is 5.73 Å². The highest BCUT2D eigenvalue weighted by Gasteiger charge is 2.11. The zero-order valence-electron chi connectivity index (χ0n) is 9.57. The van der Waals surface area contributed by atoms with E-state index in [0.29, 0.717) is 5.69 Å². The van der Waals surface area contributed by atoms with Crippen LogP contribution < -0.4 is 11.1 Å². The molecule has 0 aliphatic rings. The lowest BCUT2D eigenvalue weighted by molar-refractivity contribution is -0.117. The first-order valence-corrected chi connectivity index (χ1v) is 6.26. The Hall–Kier alpha value is -1.36. The molecule has 0 fully saturated rings. The molecule has 0 heterocycles. The molecule has 1 aromatic carbocycles. The Bertz CT molecular complexity index is 403. The van der Waals surface area contributed by atoms with Gasteiger partial charge in [0.15, 0.2) is 0 Å². The van der Waals surface area contributed by atoms with Crippen molar-refractivity contribution in [2.75, 3.05) is 5.32 Å². The van der Waals surface area contributed by atoms with E-state index in [0.717, 1.165) is 12.0 Å². The van der Waals surface area contributed by atoms with E-state index in [1.165, 1.54) is 0 Å². The Labute approximate surface area is 109 Å². The minimum Gasteiger partial charge on any atom is -0.369 e. The molecule has 5 heteroatoms. The van der Waals surface area contributed by atoms with Crippen molar-refractivity contribution >= 4 is 33.4 Å². The number of hydrogen-bond donors (Lipinski definition) is 2. The molecule has 0 saturated carbocycles. The third-order valence-electron chi connectivity index (χ3n) is 2.24. The highest BCUT2D eigenvalue weighted by Crippen LogP contribution is 2.13. The van der Waals surface area contributed by atoms with Crippen molar-refractivity contribution in [3.63, 3.8) is 0 Å². The molecule has 3 N–H and O–H groups in total. The molecule has 0 saturated heterocycles. The fourth-order valence-electron chi connectivity index (χ4n) is 1.31. The molecule has 1 aromatic rings. The van der Waals surface area contributed by atoms with Crippen molar-refractivity contribution in [1.29, 1.82) is 0 Å². The van der Waals surface area contributed by atoms with Crippen LogP contribution in [0.2, 0.25) is 0 Å². The summed E-state index contributed by atoms with van der Waals surface area (Å²) in [6.07, 6.45) is 0.940. The summed E-state index contributed by atoms with van der Waals surface area (Å²) in [5.74, 6) is -0.441. The van der Waals surface area contributed by atoms with Gasteiger partial charge >= 0.3 is 0 Å². The number of nitrogens with one attached hydrogen (secondary N) is 1. The Balaban J connectivity index is 2.62. The zero-order valence-corrected chi connectivity index (χ0v) is 11.2. The van der Waals surface area contributed by atoms with E-state index in [4.69, 9.17) is 5.73 Å². The van der Waals surface area contributed by atoms with Gasteiger partial charge in [0.25, 0.3) is 0 Å². The van der Waals surface area contributed by atoms with Gasteiger partial charge in [-0.15, -0.1) is 0 Å². The van der Waals surface area contributed by atoms with Crippen molar-refractivity contribution in [2.45, 2.75) is 24.6 Å². The monoisotopic (exact) mass is 298 g/mol. The van der Waals surface area contributed by atoms with Gasteiger partial charge < -0.3 is 11.1 Å². The second-order valence-corrected chi connectivity index (χ2v) is 4.81. The van der Waals surface area contributed by atoms with E-state index in [2.05, 4.69) is 21.2 Å². The molecule has 1 atom stereocenters. The molecule has 1 rings (SSSR count). The van der Waals surface area contributed by atoms with Crippen LogP contribution in [0.25, 0.3) is 0 Å². The summed E-state index contributed by atoms with van der Waals surface area (Å²) in [4.78, 5) is 22.1. The lowest BCUT2D eigenvalue weighted by atomic mass is 10.1. The average molecular weight is 299 g/mol. The number of carbonyl (C=O) groups is 2. The standard InChI is InChI=1S/C12H15BrN2O2/c1-2-10(13)12(17)15-9-5-3-8(4-6-9)7-11(14)16/h3-6,10H,2,7H2,1H3,(H2,14,16)(H,15,17). The van der Waals surface area contributed by atoms with E-state index >= 15 is 0 Å². The molecule has 4 nitrogen and oxygen atoms in total. The minimum atomic E-state index is -0.367. The van der Waals surface area contributed by atoms with E-state index in [1.54, 1.807) is 24.3 Å². The maximum Gasteiger partial charge on any atom is 0.238 e. The first-order chi connectivity index (χ1) is 8.02. The van der Waals surface area contributed by atoms with Gasteiger partial charge in [0.05, 0.1) is 11.2 Å². The van der Waals surface area contributed by atoms with Gasteiger partial charge in [0.2, 0.25) is 11.8 Å².